The van der Waals surface area contributed by atoms with Crippen LogP contribution in [0.3, 0.4) is 0 Å². The molecule has 0 fully saturated rings. The van der Waals surface area contributed by atoms with Crippen LogP contribution >= 0.6 is 22.7 Å². The number of hydrogen-bond acceptors (Lipinski definition) is 8. The lowest BCUT2D eigenvalue weighted by atomic mass is 10.2. The first-order valence-corrected chi connectivity index (χ1v) is 9.72. The highest BCUT2D eigenvalue weighted by Gasteiger charge is 2.21. The molecule has 0 saturated heterocycles. The molecule has 27 heavy (non-hydrogen) atoms. The third-order valence-electron chi connectivity index (χ3n) is 3.81. The van der Waals surface area contributed by atoms with Crippen molar-refractivity contribution >= 4 is 49.2 Å². The zero-order valence-electron chi connectivity index (χ0n) is 15.2. The molecule has 0 unspecified atom stereocenters. The largest absolute Gasteiger partial charge is 0.497 e. The van der Waals surface area contributed by atoms with Gasteiger partial charge in [0.05, 0.1) is 31.1 Å². The zero-order valence-corrected chi connectivity index (χ0v) is 16.9. The van der Waals surface area contributed by atoms with E-state index in [0.717, 1.165) is 10.3 Å². The van der Waals surface area contributed by atoms with Gasteiger partial charge in [0.2, 0.25) is 0 Å². The fraction of sp³-hybridized carbons (Fsp3) is 0.278. The first-order valence-electron chi connectivity index (χ1n) is 8.08. The lowest BCUT2D eigenvalue weighted by Crippen LogP contribution is -2.13. The van der Waals surface area contributed by atoms with Crippen LogP contribution in [-0.4, -0.2) is 37.7 Å². The Balaban J connectivity index is 1.85. The van der Waals surface area contributed by atoms with Crippen LogP contribution in [0.1, 0.15) is 32.5 Å². The summed E-state index contributed by atoms with van der Waals surface area (Å²) in [5, 5.41) is 3.24. The third-order valence-corrected chi connectivity index (χ3v) is 6.20. The van der Waals surface area contributed by atoms with Gasteiger partial charge in [0, 0.05) is 6.07 Å². The minimum absolute atomic E-state index is 0.322. The average Bonchev–Trinajstić information content (AvgIpc) is 3.19. The van der Waals surface area contributed by atoms with Gasteiger partial charge in [-0.25, -0.2) is 9.78 Å². The summed E-state index contributed by atoms with van der Waals surface area (Å²) in [6, 6.07) is 4.96. The lowest BCUT2D eigenvalue weighted by Gasteiger charge is -2.09. The van der Waals surface area contributed by atoms with Crippen molar-refractivity contribution in [3.8, 4) is 11.5 Å². The Kier molecular flexibility index (Phi) is 5.62. The van der Waals surface area contributed by atoms with Gasteiger partial charge in [0.25, 0.3) is 5.91 Å². The van der Waals surface area contributed by atoms with Crippen LogP contribution in [0.15, 0.2) is 18.2 Å². The second-order valence-electron chi connectivity index (χ2n) is 5.45. The Morgan fingerprint density at radius 2 is 1.96 bits per heavy atom. The van der Waals surface area contributed by atoms with Gasteiger partial charge in [0.15, 0.2) is 5.13 Å². The smallest absolute Gasteiger partial charge is 0.348 e. The number of aryl methyl sites for hydroxylation is 1. The minimum atomic E-state index is -0.348. The summed E-state index contributed by atoms with van der Waals surface area (Å²) in [5.41, 5.74) is 1.19. The van der Waals surface area contributed by atoms with Gasteiger partial charge in [0.1, 0.15) is 21.2 Å². The van der Waals surface area contributed by atoms with E-state index in [-0.39, 0.29) is 11.9 Å². The van der Waals surface area contributed by atoms with Crippen molar-refractivity contribution in [2.45, 2.75) is 13.8 Å². The topological polar surface area (TPSA) is 86.8 Å². The van der Waals surface area contributed by atoms with Gasteiger partial charge in [-0.1, -0.05) is 11.3 Å². The normalized spacial score (nSPS) is 10.7. The number of carbonyl (C=O) groups excluding carboxylic acids is 2. The second-order valence-corrected chi connectivity index (χ2v) is 7.45. The average molecular weight is 406 g/mol. The minimum Gasteiger partial charge on any atom is -0.497 e. The molecule has 0 atom stereocenters. The van der Waals surface area contributed by atoms with E-state index in [0.29, 0.717) is 38.5 Å². The van der Waals surface area contributed by atoms with E-state index in [4.69, 9.17) is 14.2 Å². The van der Waals surface area contributed by atoms with Gasteiger partial charge in [-0.15, -0.1) is 11.3 Å². The van der Waals surface area contributed by atoms with Crippen molar-refractivity contribution < 1.29 is 23.8 Å². The number of hydrogen-bond donors (Lipinski definition) is 1. The summed E-state index contributed by atoms with van der Waals surface area (Å²) in [5.74, 6) is 0.323. The van der Waals surface area contributed by atoms with Crippen molar-refractivity contribution in [2.24, 2.45) is 0 Å². The summed E-state index contributed by atoms with van der Waals surface area (Å²) in [4.78, 5) is 30.2. The zero-order chi connectivity index (χ0) is 19.6. The Morgan fingerprint density at radius 3 is 2.59 bits per heavy atom. The molecule has 1 aromatic carbocycles. The number of anilines is 1. The Hall–Kier alpha value is -2.65. The number of thiazole rings is 1. The summed E-state index contributed by atoms with van der Waals surface area (Å²) in [6.07, 6.45) is 0. The summed E-state index contributed by atoms with van der Waals surface area (Å²) in [7, 11) is 3.04. The van der Waals surface area contributed by atoms with Crippen LogP contribution in [0.25, 0.3) is 9.53 Å². The number of carbonyl (C=O) groups is 2. The number of esters is 1. The summed E-state index contributed by atoms with van der Waals surface area (Å²) >= 11 is 2.58. The summed E-state index contributed by atoms with van der Waals surface area (Å²) < 4.78 is 16.3. The van der Waals surface area contributed by atoms with Crippen molar-refractivity contribution in [3.63, 3.8) is 0 Å². The Morgan fingerprint density at radius 1 is 1.19 bits per heavy atom. The van der Waals surface area contributed by atoms with E-state index in [1.165, 1.54) is 29.8 Å². The molecular formula is C18H18N2O5S2. The number of aromatic nitrogens is 1. The molecule has 1 amide bonds. The quantitative estimate of drug-likeness (QED) is 0.620. The number of amides is 1. The molecule has 0 radical (unpaired) electrons. The molecule has 142 valence electrons. The maximum absolute atomic E-state index is 12.6. The molecule has 2 aromatic heterocycles. The first kappa shape index (κ1) is 19.1. The number of fused-ring (bicyclic) bond motifs is 1. The van der Waals surface area contributed by atoms with Gasteiger partial charge >= 0.3 is 5.97 Å². The fourth-order valence-corrected chi connectivity index (χ4v) is 4.69. The highest BCUT2D eigenvalue weighted by molar-refractivity contribution is 7.30. The predicted octanol–water partition coefficient (Wildman–Crippen LogP) is 4.11. The SMILES string of the molecule is CCOC(=O)c1sc2nc(NC(=O)c3ccc(OC)cc3OC)sc2c1C. The Labute approximate surface area is 163 Å². The standard InChI is InChI=1S/C18H18N2O5S2/c1-5-25-17(22)14-9(2)13-16(26-14)20-18(27-13)19-15(21)11-7-6-10(23-3)8-12(11)24-4/h6-8H,5H2,1-4H3,(H,19,20,21). The van der Waals surface area contributed by atoms with Gasteiger partial charge in [-0.05, 0) is 31.5 Å². The Bertz CT molecular complexity index is 1010. The van der Waals surface area contributed by atoms with E-state index in [2.05, 4.69) is 10.3 Å². The van der Waals surface area contributed by atoms with Crippen LogP contribution in [0.4, 0.5) is 5.13 Å². The van der Waals surface area contributed by atoms with Gasteiger partial charge in [-0.3, -0.25) is 10.1 Å². The number of benzene rings is 1. The number of ether oxygens (including phenoxy) is 3. The maximum atomic E-state index is 12.6. The van der Waals surface area contributed by atoms with Crippen LogP contribution < -0.4 is 14.8 Å². The highest BCUT2D eigenvalue weighted by Crippen LogP contribution is 2.37. The molecule has 0 spiro atoms. The van der Waals surface area contributed by atoms with Crippen LogP contribution in [0, 0.1) is 6.92 Å². The van der Waals surface area contributed by atoms with E-state index in [9.17, 15) is 9.59 Å². The van der Waals surface area contributed by atoms with Crippen molar-refractivity contribution in [3.05, 3.63) is 34.2 Å². The van der Waals surface area contributed by atoms with Crippen LogP contribution in [0.5, 0.6) is 11.5 Å². The van der Waals surface area contributed by atoms with Gasteiger partial charge < -0.3 is 14.2 Å². The molecule has 0 bridgehead atoms. The molecule has 0 saturated carbocycles. The molecule has 0 aliphatic heterocycles. The lowest BCUT2D eigenvalue weighted by molar-refractivity contribution is 0.0531. The molecular weight excluding hydrogens is 388 g/mol. The summed E-state index contributed by atoms with van der Waals surface area (Å²) in [6.45, 7) is 3.94. The number of nitrogens with zero attached hydrogens (tertiary/aromatic N) is 1. The number of nitrogens with one attached hydrogen (secondary N) is 1. The van der Waals surface area contributed by atoms with E-state index >= 15 is 0 Å². The molecule has 1 N–H and O–H groups in total. The highest BCUT2D eigenvalue weighted by atomic mass is 32.1. The molecule has 2 heterocycles. The van der Waals surface area contributed by atoms with Gasteiger partial charge in [-0.2, -0.15) is 0 Å². The number of rotatable bonds is 6. The van der Waals surface area contributed by atoms with Crippen LogP contribution in [0.2, 0.25) is 0 Å². The molecule has 3 rings (SSSR count). The number of thiophene rings is 1. The number of methoxy groups -OCH3 is 2. The van der Waals surface area contributed by atoms with E-state index < -0.39 is 0 Å². The maximum Gasteiger partial charge on any atom is 0.348 e. The second kappa shape index (κ2) is 7.93. The van der Waals surface area contributed by atoms with E-state index in [1.807, 2.05) is 6.92 Å². The van der Waals surface area contributed by atoms with Crippen molar-refractivity contribution in [1.29, 1.82) is 0 Å². The first-order chi connectivity index (χ1) is 13.0. The predicted molar refractivity (Wildman–Crippen MR) is 106 cm³/mol. The monoisotopic (exact) mass is 406 g/mol. The molecule has 0 aliphatic rings. The molecule has 7 nitrogen and oxygen atoms in total. The van der Waals surface area contributed by atoms with Crippen LogP contribution in [-0.2, 0) is 4.74 Å². The third kappa shape index (κ3) is 3.74. The fourth-order valence-electron chi connectivity index (χ4n) is 2.48. The molecule has 9 heteroatoms. The molecule has 0 aliphatic carbocycles. The van der Waals surface area contributed by atoms with E-state index in [1.54, 1.807) is 32.2 Å². The van der Waals surface area contributed by atoms with Crippen molar-refractivity contribution in [1.82, 2.24) is 4.98 Å². The van der Waals surface area contributed by atoms with Crippen molar-refractivity contribution in [2.75, 3.05) is 26.1 Å². The molecule has 3 aromatic rings.